The maximum atomic E-state index is 12.3. The Balaban J connectivity index is 1.83. The van der Waals surface area contributed by atoms with E-state index in [1.807, 2.05) is 23.8 Å². The molecular weight excluding hydrogens is 492 g/mol. The van der Waals surface area contributed by atoms with Crippen LogP contribution >= 0.6 is 12.2 Å². The number of fused-ring (bicyclic) bond motifs is 1. The number of unbranched alkanes of at least 4 members (excludes halogenated alkanes) is 1. The van der Waals surface area contributed by atoms with Crippen molar-refractivity contribution in [2.45, 2.75) is 45.1 Å². The van der Waals surface area contributed by atoms with Crippen LogP contribution in [0.25, 0.3) is 11.0 Å². The summed E-state index contributed by atoms with van der Waals surface area (Å²) >= 11 is 5.62. The van der Waals surface area contributed by atoms with E-state index in [1.165, 1.54) is 13.4 Å². The Bertz CT molecular complexity index is 1200. The van der Waals surface area contributed by atoms with Gasteiger partial charge in [-0.15, -0.1) is 0 Å². The summed E-state index contributed by atoms with van der Waals surface area (Å²) in [6, 6.07) is 3.25. The summed E-state index contributed by atoms with van der Waals surface area (Å²) in [6.07, 6.45) is 8.25. The lowest BCUT2D eigenvalue weighted by Gasteiger charge is -2.34. The predicted octanol–water partition coefficient (Wildman–Crippen LogP) is 1.57. The number of esters is 1. The van der Waals surface area contributed by atoms with Gasteiger partial charge in [0.25, 0.3) is 0 Å². The zero-order valence-electron chi connectivity index (χ0n) is 21.6. The molecule has 1 amide bonds. The number of carbonyl (C=O) groups excluding carboxylic acids is 2. The number of amides is 1. The predicted molar refractivity (Wildman–Crippen MR) is 143 cm³/mol. The standard InChI is InChI=1S/C25H34N8O3S/c1-17-8-12-32(21(34)7-11-27)15-18(17)14-31(2)22-19-9-13-33(23(19)29-16-28-22)25(37)30-20(24(35)36-3)6-4-5-10-26/h9,13-14,16-18,20H,4-8,10,12,15,26H2,1-3H3/p+1/b31-14-/t17-,18?,20+/m1/s1. The Morgan fingerprint density at radius 2 is 2.22 bits per heavy atom. The van der Waals surface area contributed by atoms with Crippen LogP contribution in [0.1, 0.15) is 39.0 Å². The first-order valence-corrected chi connectivity index (χ1v) is 12.8. The smallest absolute Gasteiger partial charge is 0.335 e. The second-order valence-electron chi connectivity index (χ2n) is 9.29. The highest BCUT2D eigenvalue weighted by Crippen LogP contribution is 2.25. The van der Waals surface area contributed by atoms with E-state index >= 15 is 0 Å². The molecule has 11 nitrogen and oxygen atoms in total. The number of piperidine rings is 1. The van der Waals surface area contributed by atoms with Crippen LogP contribution in [0.2, 0.25) is 0 Å². The Morgan fingerprint density at radius 3 is 2.92 bits per heavy atom. The van der Waals surface area contributed by atoms with E-state index in [2.05, 4.69) is 28.4 Å². The number of ether oxygens (including phenoxy) is 1. The molecule has 0 radical (unpaired) electrons. The van der Waals surface area contributed by atoms with Crippen molar-refractivity contribution in [2.24, 2.45) is 17.6 Å². The van der Waals surface area contributed by atoms with Gasteiger partial charge in [-0.25, -0.2) is 9.37 Å². The largest absolute Gasteiger partial charge is 0.467 e. The third-order valence-corrected chi connectivity index (χ3v) is 7.07. The van der Waals surface area contributed by atoms with Crippen LogP contribution in [-0.4, -0.2) is 87.0 Å². The summed E-state index contributed by atoms with van der Waals surface area (Å²) < 4.78 is 8.61. The van der Waals surface area contributed by atoms with Crippen LogP contribution in [0, 0.1) is 23.2 Å². The molecular formula is C25H35N8O3S+. The van der Waals surface area contributed by atoms with E-state index < -0.39 is 6.04 Å². The quantitative estimate of drug-likeness (QED) is 0.163. The second kappa shape index (κ2) is 13.2. The molecule has 0 aromatic carbocycles. The van der Waals surface area contributed by atoms with Crippen molar-refractivity contribution in [3.8, 4) is 6.07 Å². The summed E-state index contributed by atoms with van der Waals surface area (Å²) in [5.41, 5.74) is 6.19. The Kier molecular flexibility index (Phi) is 10.0. The van der Waals surface area contributed by atoms with Crippen molar-refractivity contribution >= 4 is 52.3 Å². The number of methoxy groups -OCH3 is 1. The summed E-state index contributed by atoms with van der Waals surface area (Å²) in [4.78, 5) is 35.2. The zero-order chi connectivity index (χ0) is 26.9. The van der Waals surface area contributed by atoms with Crippen molar-refractivity contribution < 1.29 is 18.9 Å². The monoisotopic (exact) mass is 527 g/mol. The van der Waals surface area contributed by atoms with E-state index in [9.17, 15) is 9.59 Å². The number of thiocarbonyl (C=S) groups is 1. The number of aromatic nitrogens is 3. The topological polar surface area (TPSA) is 142 Å². The second-order valence-corrected chi connectivity index (χ2v) is 9.68. The molecule has 0 saturated carbocycles. The maximum absolute atomic E-state index is 12.3. The molecule has 3 atom stereocenters. The fourth-order valence-electron chi connectivity index (χ4n) is 4.54. The number of likely N-dealkylation sites (tertiary alicyclic amines) is 1. The lowest BCUT2D eigenvalue weighted by molar-refractivity contribution is -0.405. The van der Waals surface area contributed by atoms with Gasteiger partial charge in [0.2, 0.25) is 12.2 Å². The molecule has 1 fully saturated rings. The van der Waals surface area contributed by atoms with Gasteiger partial charge in [-0.05, 0) is 61.4 Å². The van der Waals surface area contributed by atoms with Gasteiger partial charge in [0.15, 0.2) is 10.8 Å². The molecule has 3 rings (SSSR count). The third kappa shape index (κ3) is 6.87. The van der Waals surface area contributed by atoms with Gasteiger partial charge in [-0.3, -0.25) is 9.36 Å². The number of hydrogen-bond donors (Lipinski definition) is 2. The summed E-state index contributed by atoms with van der Waals surface area (Å²) in [5, 5.41) is 13.1. The van der Waals surface area contributed by atoms with Crippen LogP contribution < -0.4 is 11.1 Å². The molecule has 37 heavy (non-hydrogen) atoms. The molecule has 1 saturated heterocycles. The van der Waals surface area contributed by atoms with Gasteiger partial charge in [-0.1, -0.05) is 6.92 Å². The van der Waals surface area contributed by atoms with Crippen molar-refractivity contribution in [2.75, 3.05) is 33.8 Å². The number of carbonyl (C=O) groups is 2. The SMILES string of the molecule is COC(=O)[C@H](CCCCN)NC(=S)n1ccc2c(/[N+](C)=C\C3CN(C(=O)CC#N)CC[C@H]3C)ncnc21. The first-order valence-electron chi connectivity index (χ1n) is 12.4. The van der Waals surface area contributed by atoms with E-state index in [0.717, 1.165) is 24.6 Å². The van der Waals surface area contributed by atoms with E-state index in [4.69, 9.17) is 28.0 Å². The summed E-state index contributed by atoms with van der Waals surface area (Å²) in [6.45, 7) is 3.95. The first kappa shape index (κ1) is 28.1. The maximum Gasteiger partial charge on any atom is 0.335 e. The lowest BCUT2D eigenvalue weighted by atomic mass is 9.87. The molecule has 12 heteroatoms. The van der Waals surface area contributed by atoms with Crippen LogP contribution in [0.4, 0.5) is 5.82 Å². The van der Waals surface area contributed by atoms with E-state index in [0.29, 0.717) is 48.6 Å². The van der Waals surface area contributed by atoms with Crippen molar-refractivity contribution in [1.29, 1.82) is 5.26 Å². The number of nitrogens with one attached hydrogen (secondary N) is 1. The Labute approximate surface area is 222 Å². The molecule has 2 aromatic heterocycles. The highest BCUT2D eigenvalue weighted by Gasteiger charge is 2.30. The van der Waals surface area contributed by atoms with Crippen molar-refractivity contribution in [1.82, 2.24) is 24.8 Å². The minimum absolute atomic E-state index is 0.102. The summed E-state index contributed by atoms with van der Waals surface area (Å²) in [5.74, 6) is 0.676. The highest BCUT2D eigenvalue weighted by molar-refractivity contribution is 7.80. The molecule has 0 spiro atoms. The van der Waals surface area contributed by atoms with Crippen LogP contribution in [0.3, 0.4) is 0 Å². The third-order valence-electron chi connectivity index (χ3n) is 6.76. The molecule has 3 heterocycles. The summed E-state index contributed by atoms with van der Waals surface area (Å²) in [7, 11) is 3.27. The number of rotatable bonds is 9. The fourth-order valence-corrected chi connectivity index (χ4v) is 4.83. The van der Waals surface area contributed by atoms with Gasteiger partial charge in [-0.2, -0.15) is 10.2 Å². The minimum atomic E-state index is -0.585. The highest BCUT2D eigenvalue weighted by atomic mass is 32.1. The Morgan fingerprint density at radius 1 is 1.43 bits per heavy atom. The Hall–Kier alpha value is -3.43. The molecule has 3 N–H and O–H groups in total. The average Bonchev–Trinajstić information content (AvgIpc) is 3.33. The van der Waals surface area contributed by atoms with E-state index in [-0.39, 0.29) is 24.2 Å². The number of hydrogen-bond acceptors (Lipinski definition) is 8. The van der Waals surface area contributed by atoms with Crippen molar-refractivity contribution in [3.05, 3.63) is 18.6 Å². The molecule has 0 aliphatic carbocycles. The van der Waals surface area contributed by atoms with Crippen LogP contribution in [0.5, 0.6) is 0 Å². The molecule has 2 aromatic rings. The van der Waals surface area contributed by atoms with Crippen LogP contribution in [0.15, 0.2) is 18.6 Å². The van der Waals surface area contributed by atoms with Gasteiger partial charge in [0.1, 0.15) is 17.8 Å². The average molecular weight is 528 g/mol. The van der Waals surface area contributed by atoms with Gasteiger partial charge in [0.05, 0.1) is 26.4 Å². The lowest BCUT2D eigenvalue weighted by Crippen LogP contribution is -2.44. The van der Waals surface area contributed by atoms with Gasteiger partial charge in [0, 0.05) is 25.2 Å². The van der Waals surface area contributed by atoms with E-state index in [1.54, 1.807) is 15.7 Å². The van der Waals surface area contributed by atoms with Gasteiger partial charge < -0.3 is 20.7 Å². The number of nitrogens with two attached hydrogens (primary N) is 1. The minimum Gasteiger partial charge on any atom is -0.467 e. The number of nitriles is 1. The van der Waals surface area contributed by atoms with Crippen LogP contribution in [-0.2, 0) is 14.3 Å². The van der Waals surface area contributed by atoms with Gasteiger partial charge >= 0.3 is 11.8 Å². The zero-order valence-corrected chi connectivity index (χ0v) is 22.4. The number of nitrogens with zero attached hydrogens (tertiary/aromatic N) is 6. The molecule has 198 valence electrons. The van der Waals surface area contributed by atoms with Crippen molar-refractivity contribution in [3.63, 3.8) is 0 Å². The fraction of sp³-hybridized carbons (Fsp3) is 0.560. The first-order chi connectivity index (χ1) is 17.8. The molecule has 0 bridgehead atoms. The molecule has 1 unspecified atom stereocenters. The molecule has 1 aliphatic heterocycles. The molecule has 1 aliphatic rings. The normalized spacial score (nSPS) is 18.8.